The van der Waals surface area contributed by atoms with Crippen LogP contribution in [0.25, 0.3) is 0 Å². The Morgan fingerprint density at radius 3 is 2.49 bits per heavy atom. The third-order valence-electron chi connectivity index (χ3n) is 10.4. The van der Waals surface area contributed by atoms with E-state index < -0.39 is 52.7 Å². The van der Waals surface area contributed by atoms with Crippen molar-refractivity contribution >= 4 is 41.3 Å². The SMILES string of the molecule is C#CCCC(NC(=O)C1C2C(CN1C(=O)[C@@H](NC(=O)NC1(CSCc3ccco3)CCCCC1)C(C)(C)C)C2(C)C)C(=O)C(=O)NCC=C. The van der Waals surface area contributed by atoms with Gasteiger partial charge in [-0.15, -0.1) is 18.9 Å². The van der Waals surface area contributed by atoms with Crippen LogP contribution in [0.4, 0.5) is 4.79 Å². The minimum atomic E-state index is -1.15. The molecule has 1 saturated heterocycles. The molecule has 0 spiro atoms. The molecule has 5 atom stereocenters. The monoisotopic (exact) mass is 695 g/mol. The summed E-state index contributed by atoms with van der Waals surface area (Å²) in [4.78, 5) is 69.3. The molecule has 2 saturated carbocycles. The van der Waals surface area contributed by atoms with Crippen molar-refractivity contribution in [1.29, 1.82) is 0 Å². The van der Waals surface area contributed by atoms with Gasteiger partial charge >= 0.3 is 6.03 Å². The first-order valence-electron chi connectivity index (χ1n) is 17.3. The quantitative estimate of drug-likeness (QED) is 0.122. The number of likely N-dealkylation sites (tertiary alicyclic amines) is 1. The van der Waals surface area contributed by atoms with Crippen molar-refractivity contribution in [2.75, 3.05) is 18.8 Å². The molecule has 4 unspecified atom stereocenters. The van der Waals surface area contributed by atoms with Crippen LogP contribution < -0.4 is 21.3 Å². The molecule has 4 rings (SSSR count). The average Bonchev–Trinajstić information content (AvgIpc) is 3.48. The van der Waals surface area contributed by atoms with Crippen LogP contribution in [0.1, 0.15) is 85.3 Å². The van der Waals surface area contributed by atoms with E-state index in [9.17, 15) is 24.0 Å². The number of ketones is 1. The normalized spacial score (nSPS) is 23.2. The fraction of sp³-hybridized carbons (Fsp3) is 0.649. The highest BCUT2D eigenvalue weighted by Crippen LogP contribution is 2.65. The lowest BCUT2D eigenvalue weighted by atomic mass is 9.83. The molecule has 11 nitrogen and oxygen atoms in total. The Morgan fingerprint density at radius 1 is 1.16 bits per heavy atom. The maximum Gasteiger partial charge on any atom is 0.315 e. The van der Waals surface area contributed by atoms with Gasteiger partial charge in [-0.3, -0.25) is 19.2 Å². The Balaban J connectivity index is 1.50. The largest absolute Gasteiger partial charge is 0.468 e. The van der Waals surface area contributed by atoms with E-state index in [0.29, 0.717) is 18.1 Å². The van der Waals surface area contributed by atoms with Gasteiger partial charge in [0.25, 0.3) is 5.91 Å². The number of nitrogens with zero attached hydrogens (tertiary/aromatic N) is 1. The minimum Gasteiger partial charge on any atom is -0.468 e. The number of terminal acetylenes is 1. The molecule has 49 heavy (non-hydrogen) atoms. The Labute approximate surface area is 294 Å². The van der Waals surface area contributed by atoms with E-state index in [1.165, 1.54) is 6.08 Å². The van der Waals surface area contributed by atoms with Gasteiger partial charge in [0.15, 0.2) is 0 Å². The highest BCUT2D eigenvalue weighted by molar-refractivity contribution is 7.98. The minimum absolute atomic E-state index is 0.0779. The highest BCUT2D eigenvalue weighted by Gasteiger charge is 2.70. The number of urea groups is 1. The van der Waals surface area contributed by atoms with Crippen LogP contribution in [-0.2, 0) is 24.9 Å². The molecule has 3 fully saturated rings. The van der Waals surface area contributed by atoms with Crippen LogP contribution in [0.3, 0.4) is 0 Å². The molecule has 1 aromatic rings. The van der Waals surface area contributed by atoms with Crippen LogP contribution in [-0.4, -0.2) is 76.9 Å². The second kappa shape index (κ2) is 15.9. The summed E-state index contributed by atoms with van der Waals surface area (Å²) in [5.41, 5.74) is -1.29. The lowest BCUT2D eigenvalue weighted by Crippen LogP contribution is -2.63. The molecule has 1 aromatic heterocycles. The second-order valence-corrected chi connectivity index (χ2v) is 16.4. The van der Waals surface area contributed by atoms with E-state index in [4.69, 9.17) is 10.8 Å². The van der Waals surface area contributed by atoms with E-state index in [1.54, 1.807) is 22.9 Å². The van der Waals surface area contributed by atoms with Gasteiger partial charge in [0.05, 0.1) is 23.6 Å². The molecule has 0 aromatic carbocycles. The predicted octanol–water partition coefficient (Wildman–Crippen LogP) is 4.18. The van der Waals surface area contributed by atoms with Crippen LogP contribution in [0.15, 0.2) is 35.5 Å². The summed E-state index contributed by atoms with van der Waals surface area (Å²) in [6, 6.07) is 0.441. The lowest BCUT2D eigenvalue weighted by Gasteiger charge is -2.40. The summed E-state index contributed by atoms with van der Waals surface area (Å²) in [7, 11) is 0. The highest BCUT2D eigenvalue weighted by atomic mass is 32.2. The summed E-state index contributed by atoms with van der Waals surface area (Å²) in [5, 5.41) is 11.5. The lowest BCUT2D eigenvalue weighted by molar-refractivity contribution is -0.145. The third-order valence-corrected chi connectivity index (χ3v) is 11.6. The number of furan rings is 1. The van der Waals surface area contributed by atoms with Crippen molar-refractivity contribution in [3.05, 3.63) is 36.8 Å². The van der Waals surface area contributed by atoms with Gasteiger partial charge in [-0.05, 0) is 54.1 Å². The summed E-state index contributed by atoms with van der Waals surface area (Å²) in [6.45, 7) is 13.8. The van der Waals surface area contributed by atoms with Gasteiger partial charge in [-0.2, -0.15) is 11.8 Å². The Bertz CT molecular complexity index is 1420. The third kappa shape index (κ3) is 9.10. The van der Waals surface area contributed by atoms with Gasteiger partial charge < -0.3 is 30.6 Å². The number of piperidine rings is 1. The molecule has 12 heteroatoms. The van der Waals surface area contributed by atoms with Crippen molar-refractivity contribution < 1.29 is 28.4 Å². The van der Waals surface area contributed by atoms with Crippen molar-refractivity contribution in [3.63, 3.8) is 0 Å². The van der Waals surface area contributed by atoms with Gasteiger partial charge in [-0.1, -0.05) is 60.0 Å². The van der Waals surface area contributed by atoms with Crippen molar-refractivity contribution in [2.24, 2.45) is 22.7 Å². The van der Waals surface area contributed by atoms with Gasteiger partial charge in [0, 0.05) is 25.3 Å². The Hall–Kier alpha value is -3.72. The van der Waals surface area contributed by atoms with E-state index >= 15 is 0 Å². The number of rotatable bonds is 15. The van der Waals surface area contributed by atoms with Gasteiger partial charge in [0.2, 0.25) is 17.6 Å². The molecule has 0 radical (unpaired) electrons. The van der Waals surface area contributed by atoms with Crippen molar-refractivity contribution in [3.8, 4) is 12.3 Å². The van der Waals surface area contributed by atoms with Crippen molar-refractivity contribution in [1.82, 2.24) is 26.2 Å². The zero-order valence-corrected chi connectivity index (χ0v) is 30.4. The Morgan fingerprint density at radius 2 is 1.88 bits per heavy atom. The summed E-state index contributed by atoms with van der Waals surface area (Å²) in [6.07, 6.45) is 13.6. The number of Topliss-reactive ketones (excluding diaryl/α,β-unsaturated/α-hetero) is 1. The first-order valence-corrected chi connectivity index (χ1v) is 18.5. The van der Waals surface area contributed by atoms with Crippen LogP contribution in [0, 0.1) is 35.0 Å². The first-order chi connectivity index (χ1) is 23.1. The number of carbonyl (C=O) groups excluding carboxylic acids is 5. The zero-order chi connectivity index (χ0) is 36.0. The zero-order valence-electron chi connectivity index (χ0n) is 29.6. The van der Waals surface area contributed by atoms with Crippen LogP contribution >= 0.6 is 11.8 Å². The molecule has 2 heterocycles. The number of carbonyl (C=O) groups is 5. The van der Waals surface area contributed by atoms with Crippen LogP contribution in [0.5, 0.6) is 0 Å². The Kier molecular flexibility index (Phi) is 12.3. The predicted molar refractivity (Wildman–Crippen MR) is 190 cm³/mol. The molecule has 5 amide bonds. The second-order valence-electron chi connectivity index (χ2n) is 15.4. The van der Waals surface area contributed by atoms with Gasteiger partial charge in [-0.25, -0.2) is 4.79 Å². The molecule has 3 aliphatic rings. The molecule has 268 valence electrons. The number of thioether (sulfide) groups is 1. The molecular formula is C37H53N5O6S. The molecule has 1 aliphatic heterocycles. The maximum atomic E-state index is 14.4. The standard InChI is InChI=1S/C37H53N5O6S/c1-8-10-16-26(29(43)32(45)38-19-9-2)39-31(44)28-27-25(36(27,6)7)21-42(28)33(46)30(35(3,4)5)40-34(47)41-37(17-12-11-13-18-37)23-49-22-24-15-14-20-48-24/h1,9,14-15,20,25-28,30H,2,10-13,16-19,21-23H2,3-7H3,(H,38,45)(H,39,44)(H2,40,41,47)/t25?,26?,27?,28?,30-/m1/s1. The number of hydrogen-bond acceptors (Lipinski definition) is 7. The van der Waals surface area contributed by atoms with Crippen molar-refractivity contribution in [2.45, 2.75) is 109 Å². The fourth-order valence-corrected chi connectivity index (χ4v) is 8.69. The molecule has 4 N–H and O–H groups in total. The van der Waals surface area contributed by atoms with Crippen LogP contribution in [0.2, 0.25) is 0 Å². The molecule has 0 bridgehead atoms. The topological polar surface area (TPSA) is 150 Å². The number of amides is 5. The van der Waals surface area contributed by atoms with E-state index in [2.05, 4.69) is 47.6 Å². The first kappa shape index (κ1) is 38.1. The van der Waals surface area contributed by atoms with Gasteiger partial charge in [0.1, 0.15) is 17.8 Å². The van der Waals surface area contributed by atoms with E-state index in [-0.39, 0.29) is 42.5 Å². The van der Waals surface area contributed by atoms with E-state index in [1.807, 2.05) is 32.9 Å². The fourth-order valence-electron chi connectivity index (χ4n) is 7.48. The average molecular weight is 696 g/mol. The number of hydrogen-bond donors (Lipinski definition) is 4. The van der Waals surface area contributed by atoms with E-state index in [0.717, 1.165) is 37.9 Å². The summed E-state index contributed by atoms with van der Waals surface area (Å²) >= 11 is 1.71. The number of nitrogens with one attached hydrogen (secondary N) is 4. The summed E-state index contributed by atoms with van der Waals surface area (Å²) in [5.74, 6) is 2.19. The molecule has 2 aliphatic carbocycles. The smallest absolute Gasteiger partial charge is 0.315 e. The summed E-state index contributed by atoms with van der Waals surface area (Å²) < 4.78 is 5.49. The number of fused-ring (bicyclic) bond motifs is 1. The molecular weight excluding hydrogens is 643 g/mol. The maximum absolute atomic E-state index is 14.4.